The average Bonchev–Trinajstić information content (AvgIpc) is 2.50. The van der Waals surface area contributed by atoms with Crippen molar-refractivity contribution in [3.8, 4) is 0 Å². The molecule has 1 N–H and O–H groups in total. The zero-order valence-electron chi connectivity index (χ0n) is 11.7. The molecule has 1 aromatic rings. The highest BCUT2D eigenvalue weighted by Crippen LogP contribution is 2.31. The van der Waals surface area contributed by atoms with Gasteiger partial charge in [0.25, 0.3) is 0 Å². The summed E-state index contributed by atoms with van der Waals surface area (Å²) in [6.45, 7) is 2.43. The highest BCUT2D eigenvalue weighted by molar-refractivity contribution is 7.99. The van der Waals surface area contributed by atoms with Crippen molar-refractivity contribution < 1.29 is 0 Å². The molecule has 2 saturated heterocycles. The fourth-order valence-corrected chi connectivity index (χ4v) is 4.49. The number of hydrogen-bond donors (Lipinski definition) is 1. The van der Waals surface area contributed by atoms with Crippen LogP contribution in [0.2, 0.25) is 0 Å². The summed E-state index contributed by atoms with van der Waals surface area (Å²) in [5, 5.41) is 3.52. The molecular formula is C17H25NS. The molecule has 1 nitrogen and oxygen atoms in total. The summed E-state index contributed by atoms with van der Waals surface area (Å²) in [5.41, 5.74) is 3.11. The minimum atomic E-state index is 0.826. The van der Waals surface area contributed by atoms with Gasteiger partial charge in [0.15, 0.2) is 0 Å². The lowest BCUT2D eigenvalue weighted by molar-refractivity contribution is 0.376. The van der Waals surface area contributed by atoms with Gasteiger partial charge in [0.1, 0.15) is 0 Å². The first-order valence-electron chi connectivity index (χ1n) is 7.79. The maximum atomic E-state index is 3.52. The van der Waals surface area contributed by atoms with E-state index in [1.807, 2.05) is 0 Å². The molecule has 0 saturated carbocycles. The molecule has 0 bridgehead atoms. The third-order valence-corrected chi connectivity index (χ3v) is 5.64. The summed E-state index contributed by atoms with van der Waals surface area (Å²) >= 11 is 2.11. The third kappa shape index (κ3) is 3.76. The predicted octanol–water partition coefficient (Wildman–Crippen LogP) is 3.84. The molecule has 2 heteroatoms. The topological polar surface area (TPSA) is 12.0 Å². The standard InChI is InChI=1S/C17H25NS/c1-2-15(13-18-9-1)12-14-3-5-16(6-4-14)17-7-10-19-11-8-17/h3-6,15,17-18H,1-2,7-13H2. The monoisotopic (exact) mass is 275 g/mol. The quantitative estimate of drug-likeness (QED) is 0.899. The van der Waals surface area contributed by atoms with Crippen LogP contribution in [0.25, 0.3) is 0 Å². The van der Waals surface area contributed by atoms with Gasteiger partial charge in [-0.25, -0.2) is 0 Å². The Morgan fingerprint density at radius 1 is 1.05 bits per heavy atom. The summed E-state index contributed by atoms with van der Waals surface area (Å²) in [6, 6.07) is 9.55. The van der Waals surface area contributed by atoms with Crippen molar-refractivity contribution in [3.63, 3.8) is 0 Å². The molecular weight excluding hydrogens is 250 g/mol. The first-order chi connectivity index (χ1) is 9.42. The van der Waals surface area contributed by atoms with Crippen molar-refractivity contribution >= 4 is 11.8 Å². The Labute approximate surface area is 121 Å². The second-order valence-electron chi connectivity index (χ2n) is 6.04. The fraction of sp³-hybridized carbons (Fsp3) is 0.647. The summed E-state index contributed by atoms with van der Waals surface area (Å²) < 4.78 is 0. The van der Waals surface area contributed by atoms with Crippen molar-refractivity contribution in [2.24, 2.45) is 5.92 Å². The van der Waals surface area contributed by atoms with Gasteiger partial charge in [-0.15, -0.1) is 0 Å². The summed E-state index contributed by atoms with van der Waals surface area (Å²) in [5.74, 6) is 4.37. The second kappa shape index (κ2) is 6.81. The van der Waals surface area contributed by atoms with Gasteiger partial charge in [0.2, 0.25) is 0 Å². The zero-order valence-corrected chi connectivity index (χ0v) is 12.6. The maximum absolute atomic E-state index is 3.52. The van der Waals surface area contributed by atoms with Crippen LogP contribution in [0.3, 0.4) is 0 Å². The van der Waals surface area contributed by atoms with Crippen LogP contribution < -0.4 is 5.32 Å². The SMILES string of the molecule is c1cc(C2CCSCC2)ccc1CC1CCCNC1. The van der Waals surface area contributed by atoms with E-state index in [0.717, 1.165) is 11.8 Å². The Bertz CT molecular complexity index is 375. The Morgan fingerprint density at radius 3 is 2.53 bits per heavy atom. The van der Waals surface area contributed by atoms with Gasteiger partial charge < -0.3 is 5.32 Å². The third-order valence-electron chi connectivity index (χ3n) is 4.60. The van der Waals surface area contributed by atoms with E-state index in [4.69, 9.17) is 0 Å². The van der Waals surface area contributed by atoms with E-state index in [9.17, 15) is 0 Å². The first kappa shape index (κ1) is 13.5. The van der Waals surface area contributed by atoms with E-state index in [1.54, 1.807) is 5.56 Å². The van der Waals surface area contributed by atoms with Crippen LogP contribution in [-0.2, 0) is 6.42 Å². The van der Waals surface area contributed by atoms with E-state index in [-0.39, 0.29) is 0 Å². The first-order valence-corrected chi connectivity index (χ1v) is 8.94. The molecule has 1 atom stereocenters. The number of piperidine rings is 1. The molecule has 2 heterocycles. The normalized spacial score (nSPS) is 25.4. The highest BCUT2D eigenvalue weighted by Gasteiger charge is 2.16. The van der Waals surface area contributed by atoms with Crippen molar-refractivity contribution in [3.05, 3.63) is 35.4 Å². The molecule has 19 heavy (non-hydrogen) atoms. The smallest absolute Gasteiger partial charge is 0.00173 e. The van der Waals surface area contributed by atoms with Crippen molar-refractivity contribution in [1.82, 2.24) is 5.32 Å². The lowest BCUT2D eigenvalue weighted by Gasteiger charge is -2.24. The lowest BCUT2D eigenvalue weighted by atomic mass is 9.89. The van der Waals surface area contributed by atoms with Crippen molar-refractivity contribution in [2.75, 3.05) is 24.6 Å². The summed E-state index contributed by atoms with van der Waals surface area (Å²) in [6.07, 6.45) is 6.75. The van der Waals surface area contributed by atoms with E-state index in [0.29, 0.717) is 0 Å². The predicted molar refractivity (Wildman–Crippen MR) is 85.0 cm³/mol. The van der Waals surface area contributed by atoms with Crippen LogP contribution in [0, 0.1) is 5.92 Å². The highest BCUT2D eigenvalue weighted by atomic mass is 32.2. The molecule has 104 valence electrons. The minimum absolute atomic E-state index is 0.826. The van der Waals surface area contributed by atoms with Crippen LogP contribution in [0.1, 0.15) is 42.7 Å². The van der Waals surface area contributed by atoms with E-state index in [2.05, 4.69) is 41.3 Å². The van der Waals surface area contributed by atoms with Crippen LogP contribution >= 0.6 is 11.8 Å². The summed E-state index contributed by atoms with van der Waals surface area (Å²) in [7, 11) is 0. The lowest BCUT2D eigenvalue weighted by Crippen LogP contribution is -2.30. The Kier molecular flexibility index (Phi) is 4.84. The van der Waals surface area contributed by atoms with Crippen molar-refractivity contribution in [2.45, 2.75) is 38.0 Å². The maximum Gasteiger partial charge on any atom is -0.00173 e. The van der Waals surface area contributed by atoms with Crippen molar-refractivity contribution in [1.29, 1.82) is 0 Å². The largest absolute Gasteiger partial charge is 0.316 e. The number of hydrogen-bond acceptors (Lipinski definition) is 2. The molecule has 2 aliphatic rings. The Morgan fingerprint density at radius 2 is 1.84 bits per heavy atom. The van der Waals surface area contributed by atoms with Gasteiger partial charge in [-0.1, -0.05) is 24.3 Å². The molecule has 1 unspecified atom stereocenters. The van der Waals surface area contributed by atoms with Gasteiger partial charge in [0, 0.05) is 0 Å². The second-order valence-corrected chi connectivity index (χ2v) is 7.27. The van der Waals surface area contributed by atoms with Gasteiger partial charge in [-0.05, 0) is 79.7 Å². The van der Waals surface area contributed by atoms with Gasteiger partial charge >= 0.3 is 0 Å². The Hall–Kier alpha value is -0.470. The van der Waals surface area contributed by atoms with Crippen LogP contribution in [0.4, 0.5) is 0 Å². The molecule has 0 radical (unpaired) electrons. The van der Waals surface area contributed by atoms with Crippen LogP contribution in [-0.4, -0.2) is 24.6 Å². The molecule has 2 aliphatic heterocycles. The van der Waals surface area contributed by atoms with Crippen LogP contribution in [0.15, 0.2) is 24.3 Å². The molecule has 0 aromatic heterocycles. The number of benzene rings is 1. The van der Waals surface area contributed by atoms with Gasteiger partial charge in [-0.3, -0.25) is 0 Å². The van der Waals surface area contributed by atoms with E-state index < -0.39 is 0 Å². The molecule has 3 rings (SSSR count). The average molecular weight is 275 g/mol. The van der Waals surface area contributed by atoms with E-state index >= 15 is 0 Å². The van der Waals surface area contributed by atoms with Crippen LogP contribution in [0.5, 0.6) is 0 Å². The number of nitrogens with one attached hydrogen (secondary N) is 1. The minimum Gasteiger partial charge on any atom is -0.316 e. The number of rotatable bonds is 3. The molecule has 1 aromatic carbocycles. The molecule has 0 aliphatic carbocycles. The zero-order chi connectivity index (χ0) is 12.9. The molecule has 0 spiro atoms. The summed E-state index contributed by atoms with van der Waals surface area (Å²) in [4.78, 5) is 0. The van der Waals surface area contributed by atoms with E-state index in [1.165, 1.54) is 62.3 Å². The van der Waals surface area contributed by atoms with Gasteiger partial charge in [0.05, 0.1) is 0 Å². The Balaban J connectivity index is 1.58. The molecule has 2 fully saturated rings. The molecule has 0 amide bonds. The number of thioether (sulfide) groups is 1. The van der Waals surface area contributed by atoms with Gasteiger partial charge in [-0.2, -0.15) is 11.8 Å². The fourth-order valence-electron chi connectivity index (χ4n) is 3.39.